The van der Waals surface area contributed by atoms with Crippen LogP contribution in [0.25, 0.3) is 0 Å². The molecule has 0 spiro atoms. The van der Waals surface area contributed by atoms with Crippen molar-refractivity contribution in [2.45, 2.75) is 32.6 Å². The highest BCUT2D eigenvalue weighted by atomic mass is 16.2. The summed E-state index contributed by atoms with van der Waals surface area (Å²) in [5.74, 6) is 0.0627. The molecule has 0 aliphatic carbocycles. The highest BCUT2D eigenvalue weighted by Crippen LogP contribution is 2.18. The summed E-state index contributed by atoms with van der Waals surface area (Å²) in [6.07, 6.45) is 2.98. The van der Waals surface area contributed by atoms with Crippen LogP contribution in [0.3, 0.4) is 0 Å². The summed E-state index contributed by atoms with van der Waals surface area (Å²) < 4.78 is 0. The molecule has 1 saturated heterocycles. The first-order valence-corrected chi connectivity index (χ1v) is 8.41. The van der Waals surface area contributed by atoms with Crippen LogP contribution in [0.4, 0.5) is 0 Å². The maximum atomic E-state index is 12.4. The van der Waals surface area contributed by atoms with E-state index in [9.17, 15) is 9.59 Å². The van der Waals surface area contributed by atoms with E-state index < -0.39 is 0 Å². The van der Waals surface area contributed by atoms with Crippen LogP contribution in [0.5, 0.6) is 0 Å². The summed E-state index contributed by atoms with van der Waals surface area (Å²) >= 11 is 0. The lowest BCUT2D eigenvalue weighted by molar-refractivity contribution is -0.135. The summed E-state index contributed by atoms with van der Waals surface area (Å²) in [5, 5.41) is 2.82. The minimum absolute atomic E-state index is 0.0200. The minimum Gasteiger partial charge on any atom is -0.355 e. The van der Waals surface area contributed by atoms with Crippen LogP contribution in [0.2, 0.25) is 0 Å². The van der Waals surface area contributed by atoms with Gasteiger partial charge < -0.3 is 16.0 Å². The second kappa shape index (κ2) is 8.67. The molecular weight excluding hydrogens is 290 g/mol. The van der Waals surface area contributed by atoms with Crippen molar-refractivity contribution in [3.05, 3.63) is 35.4 Å². The fourth-order valence-electron chi connectivity index (χ4n) is 3.03. The molecule has 1 heterocycles. The largest absolute Gasteiger partial charge is 0.355 e. The molecule has 5 nitrogen and oxygen atoms in total. The smallest absolute Gasteiger partial charge is 0.224 e. The average Bonchev–Trinajstić information content (AvgIpc) is 2.57. The molecule has 1 aromatic rings. The summed E-state index contributed by atoms with van der Waals surface area (Å²) in [6, 6.07) is 8.25. The number of hydrogen-bond acceptors (Lipinski definition) is 3. The zero-order valence-corrected chi connectivity index (χ0v) is 13.9. The second-order valence-corrected chi connectivity index (χ2v) is 6.25. The van der Waals surface area contributed by atoms with E-state index in [4.69, 9.17) is 5.73 Å². The van der Waals surface area contributed by atoms with Crippen molar-refractivity contribution in [2.75, 3.05) is 26.2 Å². The Morgan fingerprint density at radius 3 is 2.96 bits per heavy atom. The van der Waals surface area contributed by atoms with Gasteiger partial charge in [0.2, 0.25) is 11.8 Å². The van der Waals surface area contributed by atoms with Crippen LogP contribution >= 0.6 is 0 Å². The molecule has 3 N–H and O–H groups in total. The molecule has 1 unspecified atom stereocenters. The van der Waals surface area contributed by atoms with E-state index in [1.165, 1.54) is 11.1 Å². The van der Waals surface area contributed by atoms with Crippen LogP contribution in [-0.4, -0.2) is 42.9 Å². The van der Waals surface area contributed by atoms with E-state index in [0.717, 1.165) is 25.8 Å². The summed E-state index contributed by atoms with van der Waals surface area (Å²) in [5.41, 5.74) is 7.81. The molecule has 0 radical (unpaired) electrons. The Morgan fingerprint density at radius 1 is 1.39 bits per heavy atom. The lowest BCUT2D eigenvalue weighted by Crippen LogP contribution is -2.46. The number of carbonyl (C=O) groups is 2. The second-order valence-electron chi connectivity index (χ2n) is 6.25. The zero-order chi connectivity index (χ0) is 16.7. The topological polar surface area (TPSA) is 75.4 Å². The van der Waals surface area contributed by atoms with Crippen molar-refractivity contribution < 1.29 is 9.59 Å². The number of nitrogens with one attached hydrogen (secondary N) is 1. The van der Waals surface area contributed by atoms with Crippen molar-refractivity contribution in [3.63, 3.8) is 0 Å². The lowest BCUT2D eigenvalue weighted by Gasteiger charge is -2.32. The highest BCUT2D eigenvalue weighted by molar-refractivity contribution is 5.81. The van der Waals surface area contributed by atoms with Gasteiger partial charge in [0.15, 0.2) is 0 Å². The van der Waals surface area contributed by atoms with Gasteiger partial charge in [-0.15, -0.1) is 0 Å². The summed E-state index contributed by atoms with van der Waals surface area (Å²) in [4.78, 5) is 26.3. The summed E-state index contributed by atoms with van der Waals surface area (Å²) in [7, 11) is 0. The van der Waals surface area contributed by atoms with E-state index >= 15 is 0 Å². The Hall–Kier alpha value is -1.88. The first kappa shape index (κ1) is 17.5. The molecule has 1 aromatic carbocycles. The predicted octanol–water partition coefficient (Wildman–Crippen LogP) is 1.24. The van der Waals surface area contributed by atoms with Gasteiger partial charge >= 0.3 is 0 Å². The number of piperidine rings is 1. The van der Waals surface area contributed by atoms with Crippen LogP contribution in [0.1, 0.15) is 30.4 Å². The van der Waals surface area contributed by atoms with Gasteiger partial charge in [0.1, 0.15) is 0 Å². The Kier molecular flexibility index (Phi) is 6.59. The van der Waals surface area contributed by atoms with Gasteiger partial charge in [-0.25, -0.2) is 0 Å². The van der Waals surface area contributed by atoms with Crippen LogP contribution in [0, 0.1) is 12.8 Å². The molecule has 126 valence electrons. The van der Waals surface area contributed by atoms with Gasteiger partial charge in [-0.05, 0) is 31.7 Å². The quantitative estimate of drug-likeness (QED) is 0.829. The number of amides is 2. The third kappa shape index (κ3) is 5.36. The summed E-state index contributed by atoms with van der Waals surface area (Å²) in [6.45, 7) is 4.28. The van der Waals surface area contributed by atoms with Crippen molar-refractivity contribution in [2.24, 2.45) is 11.7 Å². The first-order chi connectivity index (χ1) is 11.1. The minimum atomic E-state index is -0.0989. The van der Waals surface area contributed by atoms with Gasteiger partial charge in [0.25, 0.3) is 0 Å². The van der Waals surface area contributed by atoms with Crippen molar-refractivity contribution in [3.8, 4) is 0 Å². The van der Waals surface area contributed by atoms with Crippen molar-refractivity contribution >= 4 is 11.8 Å². The van der Waals surface area contributed by atoms with Gasteiger partial charge in [-0.3, -0.25) is 9.59 Å². The number of likely N-dealkylation sites (tertiary alicyclic amines) is 1. The number of carbonyl (C=O) groups excluding carboxylic acids is 2. The number of nitrogens with two attached hydrogens (primary N) is 1. The average molecular weight is 317 g/mol. The SMILES string of the molecule is Cc1cccc(CCC(=O)N2CCCC(C(=O)NCCN)C2)c1. The maximum Gasteiger partial charge on any atom is 0.224 e. The Bertz CT molecular complexity index is 545. The molecule has 0 aromatic heterocycles. The van der Waals surface area contributed by atoms with Gasteiger partial charge in [-0.1, -0.05) is 29.8 Å². The number of rotatable bonds is 6. The molecule has 5 heteroatoms. The van der Waals surface area contributed by atoms with Crippen molar-refractivity contribution in [1.29, 1.82) is 0 Å². The highest BCUT2D eigenvalue weighted by Gasteiger charge is 2.27. The number of aryl methyl sites for hydroxylation is 2. The van der Waals surface area contributed by atoms with Crippen LogP contribution < -0.4 is 11.1 Å². The van der Waals surface area contributed by atoms with E-state index in [2.05, 4.69) is 30.4 Å². The Morgan fingerprint density at radius 2 is 2.22 bits per heavy atom. The molecule has 1 atom stereocenters. The molecular formula is C18H27N3O2. The number of nitrogens with zero attached hydrogens (tertiary/aromatic N) is 1. The third-order valence-corrected chi connectivity index (χ3v) is 4.30. The van der Waals surface area contributed by atoms with E-state index in [1.54, 1.807) is 0 Å². The fourth-order valence-corrected chi connectivity index (χ4v) is 3.03. The predicted molar refractivity (Wildman–Crippen MR) is 90.9 cm³/mol. The Balaban J connectivity index is 1.83. The molecule has 2 amide bonds. The van der Waals surface area contributed by atoms with Crippen molar-refractivity contribution in [1.82, 2.24) is 10.2 Å². The van der Waals surface area contributed by atoms with Gasteiger partial charge in [-0.2, -0.15) is 0 Å². The van der Waals surface area contributed by atoms with Crippen LogP contribution in [-0.2, 0) is 16.0 Å². The third-order valence-electron chi connectivity index (χ3n) is 4.30. The molecule has 0 bridgehead atoms. The first-order valence-electron chi connectivity index (χ1n) is 8.41. The van der Waals surface area contributed by atoms with E-state index in [1.807, 2.05) is 11.0 Å². The molecule has 2 rings (SSSR count). The molecule has 23 heavy (non-hydrogen) atoms. The normalized spacial score (nSPS) is 17.8. The van der Waals surface area contributed by atoms with Gasteiger partial charge in [0.05, 0.1) is 5.92 Å². The van der Waals surface area contributed by atoms with Gasteiger partial charge in [0, 0.05) is 32.6 Å². The standard InChI is InChI=1S/C18H27N3O2/c1-14-4-2-5-15(12-14)7-8-17(22)21-11-3-6-16(13-21)18(23)20-10-9-19/h2,4-5,12,16H,3,6-11,13,19H2,1H3,(H,20,23). The molecule has 1 aliphatic heterocycles. The Labute approximate surface area is 138 Å². The number of benzene rings is 1. The number of hydrogen-bond donors (Lipinski definition) is 2. The fraction of sp³-hybridized carbons (Fsp3) is 0.556. The van der Waals surface area contributed by atoms with E-state index in [0.29, 0.717) is 26.1 Å². The van der Waals surface area contributed by atoms with E-state index in [-0.39, 0.29) is 17.7 Å². The zero-order valence-electron chi connectivity index (χ0n) is 13.9. The lowest BCUT2D eigenvalue weighted by atomic mass is 9.96. The monoisotopic (exact) mass is 317 g/mol. The molecule has 0 saturated carbocycles. The maximum absolute atomic E-state index is 12.4. The van der Waals surface area contributed by atoms with Crippen LogP contribution in [0.15, 0.2) is 24.3 Å². The molecule has 1 fully saturated rings. The molecule has 1 aliphatic rings.